The van der Waals surface area contributed by atoms with E-state index in [0.29, 0.717) is 11.5 Å². The van der Waals surface area contributed by atoms with Crippen molar-refractivity contribution in [1.82, 2.24) is 4.98 Å². The van der Waals surface area contributed by atoms with Gasteiger partial charge in [0, 0.05) is 24.4 Å². The van der Waals surface area contributed by atoms with Crippen LogP contribution in [0.3, 0.4) is 0 Å². The van der Waals surface area contributed by atoms with Gasteiger partial charge in [-0.15, -0.1) is 0 Å². The number of para-hydroxylation sites is 1. The van der Waals surface area contributed by atoms with Crippen LogP contribution in [0.2, 0.25) is 0 Å². The molecule has 0 radical (unpaired) electrons. The molecule has 2 heterocycles. The summed E-state index contributed by atoms with van der Waals surface area (Å²) in [5.74, 6) is 0.0765. The standard InChI is InChI=1S/C21H21N3O/c1-14-20(19(21(22)25)17-9-5-6-10-18(17)23-14)24-12-11-16(13-24)15-7-3-2-4-8-15/h2-10,16H,11-13H2,1H3,(H2,22,25)/t16-/m1/s1. The van der Waals surface area contributed by atoms with Gasteiger partial charge in [0.2, 0.25) is 0 Å². The molecular formula is C21H21N3O. The fourth-order valence-electron chi connectivity index (χ4n) is 3.92. The van der Waals surface area contributed by atoms with Gasteiger partial charge in [-0.05, 0) is 25.0 Å². The number of aryl methyl sites for hydroxylation is 1. The molecule has 25 heavy (non-hydrogen) atoms. The Labute approximate surface area is 147 Å². The molecule has 2 N–H and O–H groups in total. The monoisotopic (exact) mass is 331 g/mol. The molecule has 0 bridgehead atoms. The number of carbonyl (C=O) groups excluding carboxylic acids is 1. The van der Waals surface area contributed by atoms with Crippen molar-refractivity contribution in [1.29, 1.82) is 0 Å². The summed E-state index contributed by atoms with van der Waals surface area (Å²) in [5.41, 5.74) is 10.3. The van der Waals surface area contributed by atoms with Gasteiger partial charge in [-0.2, -0.15) is 0 Å². The smallest absolute Gasteiger partial charge is 0.251 e. The SMILES string of the molecule is Cc1nc2ccccc2c(C(N)=O)c1N1CC[C@@H](c2ccccc2)C1. The minimum atomic E-state index is -0.389. The molecule has 1 saturated heterocycles. The van der Waals surface area contributed by atoms with Crippen molar-refractivity contribution in [3.8, 4) is 0 Å². The molecule has 0 aliphatic carbocycles. The first-order valence-electron chi connectivity index (χ1n) is 8.64. The van der Waals surface area contributed by atoms with Gasteiger partial charge in [-0.3, -0.25) is 9.78 Å². The number of hydrogen-bond acceptors (Lipinski definition) is 3. The van der Waals surface area contributed by atoms with E-state index in [4.69, 9.17) is 10.7 Å². The molecule has 3 aromatic rings. The summed E-state index contributed by atoms with van der Waals surface area (Å²) in [5, 5.41) is 0.832. The zero-order valence-electron chi connectivity index (χ0n) is 14.3. The third kappa shape index (κ3) is 2.74. The number of nitrogens with two attached hydrogens (primary N) is 1. The van der Waals surface area contributed by atoms with E-state index in [1.54, 1.807) is 0 Å². The molecule has 1 fully saturated rings. The summed E-state index contributed by atoms with van der Waals surface area (Å²) in [6.45, 7) is 3.75. The lowest BCUT2D eigenvalue weighted by molar-refractivity contribution is 0.100. The van der Waals surface area contributed by atoms with E-state index in [0.717, 1.165) is 41.8 Å². The average Bonchev–Trinajstić information content (AvgIpc) is 3.10. The molecule has 1 aromatic heterocycles. The molecule has 0 spiro atoms. The van der Waals surface area contributed by atoms with Gasteiger partial charge in [0.1, 0.15) is 0 Å². The first kappa shape index (κ1) is 15.6. The Morgan fingerprint density at radius 2 is 1.84 bits per heavy atom. The van der Waals surface area contributed by atoms with E-state index in [2.05, 4.69) is 29.2 Å². The molecule has 4 heteroatoms. The van der Waals surface area contributed by atoms with E-state index in [9.17, 15) is 4.79 Å². The molecule has 1 amide bonds. The molecule has 1 atom stereocenters. The maximum atomic E-state index is 12.3. The van der Waals surface area contributed by atoms with Crippen LogP contribution in [0.5, 0.6) is 0 Å². The largest absolute Gasteiger partial charge is 0.369 e. The number of amides is 1. The number of fused-ring (bicyclic) bond motifs is 1. The van der Waals surface area contributed by atoms with Gasteiger partial charge in [0.25, 0.3) is 5.91 Å². The normalized spacial score (nSPS) is 17.2. The van der Waals surface area contributed by atoms with Crippen LogP contribution in [0.15, 0.2) is 54.6 Å². The number of hydrogen-bond donors (Lipinski definition) is 1. The fourth-order valence-corrected chi connectivity index (χ4v) is 3.92. The van der Waals surface area contributed by atoms with Crippen molar-refractivity contribution >= 4 is 22.5 Å². The Bertz CT molecular complexity index is 937. The second-order valence-electron chi connectivity index (χ2n) is 6.64. The minimum absolute atomic E-state index is 0.389. The zero-order chi connectivity index (χ0) is 17.4. The number of anilines is 1. The lowest BCUT2D eigenvalue weighted by atomic mass is 9.98. The molecule has 4 rings (SSSR count). The number of benzene rings is 2. The molecule has 4 nitrogen and oxygen atoms in total. The highest BCUT2D eigenvalue weighted by Crippen LogP contribution is 2.36. The number of nitrogens with zero attached hydrogens (tertiary/aromatic N) is 2. The minimum Gasteiger partial charge on any atom is -0.369 e. The van der Waals surface area contributed by atoms with E-state index < -0.39 is 0 Å². The Kier molecular flexibility index (Phi) is 3.88. The van der Waals surface area contributed by atoms with E-state index >= 15 is 0 Å². The molecule has 1 aliphatic heterocycles. The highest BCUT2D eigenvalue weighted by molar-refractivity contribution is 6.10. The summed E-state index contributed by atoms with van der Waals surface area (Å²) in [7, 11) is 0. The van der Waals surface area contributed by atoms with Crippen molar-refractivity contribution in [2.24, 2.45) is 5.73 Å². The molecule has 2 aromatic carbocycles. The second kappa shape index (κ2) is 6.20. The van der Waals surface area contributed by atoms with E-state index in [-0.39, 0.29) is 5.91 Å². The van der Waals surface area contributed by atoms with Crippen LogP contribution in [0.4, 0.5) is 5.69 Å². The Balaban J connectivity index is 1.78. The number of pyridine rings is 1. The summed E-state index contributed by atoms with van der Waals surface area (Å²) in [6.07, 6.45) is 1.06. The molecule has 126 valence electrons. The Hall–Kier alpha value is -2.88. The van der Waals surface area contributed by atoms with Crippen molar-refractivity contribution in [3.63, 3.8) is 0 Å². The third-order valence-corrected chi connectivity index (χ3v) is 5.06. The summed E-state index contributed by atoms with van der Waals surface area (Å²) >= 11 is 0. The summed E-state index contributed by atoms with van der Waals surface area (Å²) < 4.78 is 0. The second-order valence-corrected chi connectivity index (χ2v) is 6.64. The van der Waals surface area contributed by atoms with E-state index in [1.807, 2.05) is 37.3 Å². The number of aromatic nitrogens is 1. The van der Waals surface area contributed by atoms with Crippen LogP contribution >= 0.6 is 0 Å². The van der Waals surface area contributed by atoms with Crippen LogP contribution in [-0.4, -0.2) is 24.0 Å². The summed E-state index contributed by atoms with van der Waals surface area (Å²) in [4.78, 5) is 19.2. The topological polar surface area (TPSA) is 59.2 Å². The predicted molar refractivity (Wildman–Crippen MR) is 101 cm³/mol. The van der Waals surface area contributed by atoms with Crippen LogP contribution in [0, 0.1) is 6.92 Å². The number of carbonyl (C=O) groups is 1. The van der Waals surface area contributed by atoms with Crippen LogP contribution < -0.4 is 10.6 Å². The van der Waals surface area contributed by atoms with Gasteiger partial charge in [0.15, 0.2) is 0 Å². The first-order chi connectivity index (χ1) is 12.1. The van der Waals surface area contributed by atoms with Gasteiger partial charge < -0.3 is 10.6 Å². The highest BCUT2D eigenvalue weighted by atomic mass is 16.1. The maximum Gasteiger partial charge on any atom is 0.251 e. The number of primary amides is 1. The quantitative estimate of drug-likeness (QED) is 0.797. The van der Waals surface area contributed by atoms with Gasteiger partial charge >= 0.3 is 0 Å². The lowest BCUT2D eigenvalue weighted by Crippen LogP contribution is -2.26. The maximum absolute atomic E-state index is 12.3. The first-order valence-corrected chi connectivity index (χ1v) is 8.64. The molecular weight excluding hydrogens is 310 g/mol. The summed E-state index contributed by atoms with van der Waals surface area (Å²) in [6, 6.07) is 18.3. The highest BCUT2D eigenvalue weighted by Gasteiger charge is 2.29. The fraction of sp³-hybridized carbons (Fsp3) is 0.238. The number of rotatable bonds is 3. The Morgan fingerprint density at radius 1 is 1.12 bits per heavy atom. The molecule has 1 aliphatic rings. The molecule has 0 saturated carbocycles. The molecule has 0 unspecified atom stereocenters. The van der Waals surface area contributed by atoms with E-state index in [1.165, 1.54) is 5.56 Å². The van der Waals surface area contributed by atoms with Crippen molar-refractivity contribution < 1.29 is 4.79 Å². The van der Waals surface area contributed by atoms with Crippen LogP contribution in [0.1, 0.15) is 34.0 Å². The third-order valence-electron chi connectivity index (χ3n) is 5.06. The van der Waals surface area contributed by atoms with Gasteiger partial charge in [-0.1, -0.05) is 48.5 Å². The lowest BCUT2D eigenvalue weighted by Gasteiger charge is -2.24. The predicted octanol–water partition coefficient (Wildman–Crippen LogP) is 3.64. The van der Waals surface area contributed by atoms with Crippen LogP contribution in [0.25, 0.3) is 10.9 Å². The zero-order valence-corrected chi connectivity index (χ0v) is 14.3. The van der Waals surface area contributed by atoms with Gasteiger partial charge in [-0.25, -0.2) is 0 Å². The average molecular weight is 331 g/mol. The van der Waals surface area contributed by atoms with Crippen LogP contribution in [-0.2, 0) is 0 Å². The Morgan fingerprint density at radius 3 is 2.60 bits per heavy atom. The van der Waals surface area contributed by atoms with Crippen molar-refractivity contribution in [2.75, 3.05) is 18.0 Å². The van der Waals surface area contributed by atoms with Crippen molar-refractivity contribution in [3.05, 3.63) is 71.4 Å². The van der Waals surface area contributed by atoms with Gasteiger partial charge in [0.05, 0.1) is 22.5 Å². The van der Waals surface area contributed by atoms with Crippen molar-refractivity contribution in [2.45, 2.75) is 19.3 Å².